The summed E-state index contributed by atoms with van der Waals surface area (Å²) in [6.07, 6.45) is 0.192. The summed E-state index contributed by atoms with van der Waals surface area (Å²) in [4.78, 5) is 23.1. The predicted octanol–water partition coefficient (Wildman–Crippen LogP) is 2.14. The van der Waals surface area contributed by atoms with Gasteiger partial charge in [0, 0.05) is 0 Å². The van der Waals surface area contributed by atoms with Gasteiger partial charge in [0.1, 0.15) is 11.8 Å². The van der Waals surface area contributed by atoms with E-state index in [1.165, 1.54) is 0 Å². The number of amides is 1. The lowest BCUT2D eigenvalue weighted by Crippen LogP contribution is -2.40. The average molecular weight is 293 g/mol. The van der Waals surface area contributed by atoms with Gasteiger partial charge in [-0.3, -0.25) is 4.79 Å². The molecular weight excluding hydrogens is 270 g/mol. The van der Waals surface area contributed by atoms with Crippen LogP contribution < -0.4 is 10.1 Å². The fourth-order valence-electron chi connectivity index (χ4n) is 1.91. The zero-order valence-corrected chi connectivity index (χ0v) is 13.1. The van der Waals surface area contributed by atoms with Crippen molar-refractivity contribution in [3.8, 4) is 5.75 Å². The van der Waals surface area contributed by atoms with Crippen molar-refractivity contribution >= 4 is 11.9 Å². The summed E-state index contributed by atoms with van der Waals surface area (Å²) in [6, 6.07) is 5.25. The maximum Gasteiger partial charge on any atom is 0.328 e. The van der Waals surface area contributed by atoms with Gasteiger partial charge in [0.05, 0.1) is 19.6 Å². The van der Waals surface area contributed by atoms with Gasteiger partial charge in [0.2, 0.25) is 5.91 Å². The second kappa shape index (κ2) is 8.29. The molecule has 1 unspecified atom stereocenters. The minimum absolute atomic E-state index is 0.192. The van der Waals surface area contributed by atoms with Crippen molar-refractivity contribution in [1.29, 1.82) is 0 Å². The van der Waals surface area contributed by atoms with Crippen molar-refractivity contribution in [3.05, 3.63) is 29.3 Å². The number of carbonyl (C=O) groups excluding carboxylic acids is 2. The molecule has 0 aliphatic rings. The molecule has 0 aliphatic heterocycles. The first-order valence-electron chi connectivity index (χ1n) is 7.10. The summed E-state index contributed by atoms with van der Waals surface area (Å²) < 4.78 is 10.5. The zero-order chi connectivity index (χ0) is 15.8. The van der Waals surface area contributed by atoms with Crippen molar-refractivity contribution in [2.24, 2.45) is 0 Å². The molecule has 0 saturated carbocycles. The van der Waals surface area contributed by atoms with Gasteiger partial charge < -0.3 is 14.8 Å². The number of carbonyl (C=O) groups is 2. The molecule has 0 fully saturated rings. The molecule has 0 spiro atoms. The molecule has 1 rings (SSSR count). The Bertz CT molecular complexity index is 479. The van der Waals surface area contributed by atoms with E-state index in [0.29, 0.717) is 6.61 Å². The van der Waals surface area contributed by atoms with E-state index in [-0.39, 0.29) is 18.9 Å². The number of aryl methyl sites for hydroxylation is 2. The summed E-state index contributed by atoms with van der Waals surface area (Å²) in [5.41, 5.74) is 2.07. The third-order valence-electron chi connectivity index (χ3n) is 3.00. The minimum Gasteiger partial charge on any atom is -0.493 e. The van der Waals surface area contributed by atoms with E-state index in [2.05, 4.69) is 5.32 Å². The molecule has 1 amide bonds. The van der Waals surface area contributed by atoms with E-state index in [4.69, 9.17) is 9.47 Å². The maximum absolute atomic E-state index is 11.7. The molecule has 1 aromatic rings. The number of esters is 1. The van der Waals surface area contributed by atoms with Gasteiger partial charge >= 0.3 is 5.97 Å². The third-order valence-corrected chi connectivity index (χ3v) is 3.00. The normalized spacial score (nSPS) is 11.6. The molecule has 0 saturated heterocycles. The molecule has 0 aromatic heterocycles. The van der Waals surface area contributed by atoms with Crippen LogP contribution in [0.4, 0.5) is 0 Å². The molecule has 0 bridgehead atoms. The van der Waals surface area contributed by atoms with Crippen molar-refractivity contribution in [1.82, 2.24) is 5.32 Å². The molecule has 116 valence electrons. The Morgan fingerprint density at radius 3 is 2.43 bits per heavy atom. The summed E-state index contributed by atoms with van der Waals surface area (Å²) >= 11 is 0. The number of para-hydroxylation sites is 1. The second-order valence-electron chi connectivity index (χ2n) is 4.86. The SMILES string of the molecule is CCOC(=O)C(C)NC(=O)CCOc1c(C)cccc1C. The molecule has 5 heteroatoms. The molecule has 1 aromatic carbocycles. The number of benzene rings is 1. The molecule has 0 heterocycles. The smallest absolute Gasteiger partial charge is 0.328 e. The topological polar surface area (TPSA) is 64.6 Å². The Labute approximate surface area is 125 Å². The lowest BCUT2D eigenvalue weighted by atomic mass is 10.1. The number of hydrogen-bond donors (Lipinski definition) is 1. The number of ether oxygens (including phenoxy) is 2. The van der Waals surface area contributed by atoms with Gasteiger partial charge in [0.15, 0.2) is 0 Å². The van der Waals surface area contributed by atoms with Crippen molar-refractivity contribution in [2.45, 2.75) is 40.2 Å². The maximum atomic E-state index is 11.7. The van der Waals surface area contributed by atoms with Gasteiger partial charge in [-0.1, -0.05) is 18.2 Å². The second-order valence-corrected chi connectivity index (χ2v) is 4.86. The average Bonchev–Trinajstić information content (AvgIpc) is 2.42. The first kappa shape index (κ1) is 17.0. The van der Waals surface area contributed by atoms with E-state index in [0.717, 1.165) is 16.9 Å². The molecule has 1 atom stereocenters. The van der Waals surface area contributed by atoms with Crippen molar-refractivity contribution in [2.75, 3.05) is 13.2 Å². The Morgan fingerprint density at radius 2 is 1.86 bits per heavy atom. The molecule has 1 N–H and O–H groups in total. The van der Waals surface area contributed by atoms with Crippen LogP contribution in [0.2, 0.25) is 0 Å². The minimum atomic E-state index is -0.641. The quantitative estimate of drug-likeness (QED) is 0.782. The van der Waals surface area contributed by atoms with Crippen molar-refractivity contribution in [3.63, 3.8) is 0 Å². The van der Waals surface area contributed by atoms with E-state index >= 15 is 0 Å². The van der Waals surface area contributed by atoms with Crippen LogP contribution in [-0.2, 0) is 14.3 Å². The summed E-state index contributed by atoms with van der Waals surface area (Å²) in [5, 5.41) is 2.59. The first-order valence-corrected chi connectivity index (χ1v) is 7.10. The highest BCUT2D eigenvalue weighted by atomic mass is 16.5. The molecule has 0 radical (unpaired) electrons. The Morgan fingerprint density at radius 1 is 1.24 bits per heavy atom. The largest absolute Gasteiger partial charge is 0.493 e. The molecule has 0 aliphatic carbocycles. The number of hydrogen-bond acceptors (Lipinski definition) is 4. The Kier molecular flexibility index (Phi) is 6.72. The van der Waals surface area contributed by atoms with Gasteiger partial charge in [-0.25, -0.2) is 4.79 Å². The van der Waals surface area contributed by atoms with Gasteiger partial charge in [-0.15, -0.1) is 0 Å². The van der Waals surface area contributed by atoms with Crippen LogP contribution in [0, 0.1) is 13.8 Å². The van der Waals surface area contributed by atoms with Crippen LogP contribution in [0.25, 0.3) is 0 Å². The lowest BCUT2D eigenvalue weighted by molar-refractivity contribution is -0.146. The highest BCUT2D eigenvalue weighted by Crippen LogP contribution is 2.22. The zero-order valence-electron chi connectivity index (χ0n) is 13.1. The highest BCUT2D eigenvalue weighted by molar-refractivity contribution is 5.84. The fraction of sp³-hybridized carbons (Fsp3) is 0.500. The Hall–Kier alpha value is -2.04. The van der Waals surface area contributed by atoms with E-state index in [9.17, 15) is 9.59 Å². The predicted molar refractivity (Wildman–Crippen MR) is 80.3 cm³/mol. The monoisotopic (exact) mass is 293 g/mol. The van der Waals surface area contributed by atoms with Gasteiger partial charge in [-0.2, -0.15) is 0 Å². The molecular formula is C16H23NO4. The first-order chi connectivity index (χ1) is 9.95. The molecule has 5 nitrogen and oxygen atoms in total. The van der Waals surface area contributed by atoms with Crippen LogP contribution in [0.3, 0.4) is 0 Å². The van der Waals surface area contributed by atoms with E-state index in [1.807, 2.05) is 32.0 Å². The van der Waals surface area contributed by atoms with E-state index < -0.39 is 12.0 Å². The van der Waals surface area contributed by atoms with Gasteiger partial charge in [0.25, 0.3) is 0 Å². The Balaban J connectivity index is 2.39. The van der Waals surface area contributed by atoms with Crippen LogP contribution >= 0.6 is 0 Å². The number of nitrogens with one attached hydrogen (secondary N) is 1. The summed E-state index contributed by atoms with van der Waals surface area (Å²) in [5.74, 6) is 0.145. The van der Waals surface area contributed by atoms with Crippen LogP contribution in [0.15, 0.2) is 18.2 Å². The highest BCUT2D eigenvalue weighted by Gasteiger charge is 2.16. The standard InChI is InChI=1S/C16H23NO4/c1-5-20-16(19)13(4)17-14(18)9-10-21-15-11(2)7-6-8-12(15)3/h6-8,13H,5,9-10H2,1-4H3,(H,17,18). The fourth-order valence-corrected chi connectivity index (χ4v) is 1.91. The third kappa shape index (κ3) is 5.45. The van der Waals surface area contributed by atoms with E-state index in [1.54, 1.807) is 13.8 Å². The van der Waals surface area contributed by atoms with Crippen LogP contribution in [-0.4, -0.2) is 31.1 Å². The number of rotatable bonds is 7. The van der Waals surface area contributed by atoms with Crippen LogP contribution in [0.5, 0.6) is 5.75 Å². The van der Waals surface area contributed by atoms with Crippen LogP contribution in [0.1, 0.15) is 31.4 Å². The van der Waals surface area contributed by atoms with Gasteiger partial charge in [-0.05, 0) is 38.8 Å². The summed E-state index contributed by atoms with van der Waals surface area (Å²) in [7, 11) is 0. The lowest BCUT2D eigenvalue weighted by Gasteiger charge is -2.14. The summed E-state index contributed by atoms with van der Waals surface area (Å²) in [6.45, 7) is 7.82. The van der Waals surface area contributed by atoms with Crippen molar-refractivity contribution < 1.29 is 19.1 Å². The molecule has 21 heavy (non-hydrogen) atoms.